The van der Waals surface area contributed by atoms with Crippen molar-refractivity contribution in [2.75, 3.05) is 13.1 Å². The van der Waals surface area contributed by atoms with Crippen LogP contribution in [0, 0.1) is 0 Å². The third-order valence-corrected chi connectivity index (χ3v) is 3.10. The van der Waals surface area contributed by atoms with Gasteiger partial charge in [0.15, 0.2) is 0 Å². The molecule has 0 aliphatic carbocycles. The third kappa shape index (κ3) is 1.42. The number of carbonyl (C=O) groups excluding carboxylic acids is 1. The van der Waals surface area contributed by atoms with E-state index in [1.54, 1.807) is 6.20 Å². The number of pyridine rings is 1. The van der Waals surface area contributed by atoms with Gasteiger partial charge in [-0.15, -0.1) is 0 Å². The van der Waals surface area contributed by atoms with Gasteiger partial charge in [-0.3, -0.25) is 4.79 Å². The largest absolute Gasteiger partial charge is 0.315 e. The average Bonchev–Trinajstić information content (AvgIpc) is 2.77. The number of hydrogen-bond donors (Lipinski definition) is 1. The Morgan fingerprint density at radius 1 is 1.44 bits per heavy atom. The number of piperidine rings is 1. The molecule has 1 unspecified atom stereocenters. The van der Waals surface area contributed by atoms with E-state index in [1.807, 2.05) is 28.8 Å². The van der Waals surface area contributed by atoms with Crippen LogP contribution in [0.25, 0.3) is 5.65 Å². The molecule has 0 bridgehead atoms. The molecular weight excluding hydrogens is 202 g/mol. The molecule has 0 spiro atoms. The standard InChI is InChI=1S/C12H13N3O/c16-11-4-5-13-8-9(11)10-2-1-3-12-14-6-7-15(10)12/h1-3,6-7,9,13H,4-5,8H2. The number of aromatic nitrogens is 2. The number of nitrogens with zero attached hydrogens (tertiary/aromatic N) is 2. The normalized spacial score (nSPS) is 21.5. The highest BCUT2D eigenvalue weighted by molar-refractivity contribution is 5.86. The van der Waals surface area contributed by atoms with E-state index in [4.69, 9.17) is 0 Å². The fourth-order valence-corrected chi connectivity index (χ4v) is 2.27. The zero-order valence-corrected chi connectivity index (χ0v) is 8.89. The van der Waals surface area contributed by atoms with Crippen LogP contribution in [-0.2, 0) is 4.79 Å². The predicted molar refractivity (Wildman–Crippen MR) is 60.4 cm³/mol. The summed E-state index contributed by atoms with van der Waals surface area (Å²) >= 11 is 0. The second-order valence-corrected chi connectivity index (χ2v) is 4.08. The van der Waals surface area contributed by atoms with Gasteiger partial charge in [0.1, 0.15) is 11.4 Å². The maximum absolute atomic E-state index is 11.9. The molecule has 4 heteroatoms. The van der Waals surface area contributed by atoms with Gasteiger partial charge in [0.2, 0.25) is 0 Å². The van der Waals surface area contributed by atoms with Crippen molar-refractivity contribution in [3.63, 3.8) is 0 Å². The second kappa shape index (κ2) is 3.72. The number of imidazole rings is 1. The summed E-state index contributed by atoms with van der Waals surface area (Å²) in [5, 5.41) is 3.27. The number of carbonyl (C=O) groups is 1. The fourth-order valence-electron chi connectivity index (χ4n) is 2.27. The molecule has 0 aromatic carbocycles. The Kier molecular flexibility index (Phi) is 2.22. The average molecular weight is 215 g/mol. The monoisotopic (exact) mass is 215 g/mol. The molecule has 1 fully saturated rings. The van der Waals surface area contributed by atoms with Gasteiger partial charge in [-0.05, 0) is 12.1 Å². The van der Waals surface area contributed by atoms with E-state index >= 15 is 0 Å². The highest BCUT2D eigenvalue weighted by Gasteiger charge is 2.25. The molecule has 3 heterocycles. The van der Waals surface area contributed by atoms with Crippen molar-refractivity contribution in [3.05, 3.63) is 36.3 Å². The Bertz CT molecular complexity index is 532. The maximum atomic E-state index is 11.9. The first-order valence-electron chi connectivity index (χ1n) is 5.51. The molecule has 0 saturated carbocycles. The molecule has 2 aromatic heterocycles. The molecule has 16 heavy (non-hydrogen) atoms. The number of Topliss-reactive ketones (excluding diaryl/α,β-unsaturated/α-hetero) is 1. The first kappa shape index (κ1) is 9.54. The molecule has 2 aromatic rings. The van der Waals surface area contributed by atoms with E-state index in [0.717, 1.165) is 24.4 Å². The molecule has 1 atom stereocenters. The Hall–Kier alpha value is -1.68. The first-order valence-corrected chi connectivity index (χ1v) is 5.51. The van der Waals surface area contributed by atoms with E-state index in [-0.39, 0.29) is 5.92 Å². The Morgan fingerprint density at radius 2 is 2.38 bits per heavy atom. The molecule has 0 amide bonds. The summed E-state index contributed by atoms with van der Waals surface area (Å²) in [6, 6.07) is 5.91. The quantitative estimate of drug-likeness (QED) is 0.771. The first-order chi connectivity index (χ1) is 7.86. The molecule has 1 saturated heterocycles. The highest BCUT2D eigenvalue weighted by atomic mass is 16.1. The smallest absolute Gasteiger partial charge is 0.144 e. The van der Waals surface area contributed by atoms with Crippen LogP contribution in [0.2, 0.25) is 0 Å². The van der Waals surface area contributed by atoms with E-state index in [9.17, 15) is 4.79 Å². The summed E-state index contributed by atoms with van der Waals surface area (Å²) in [6.45, 7) is 1.53. The van der Waals surface area contributed by atoms with Crippen LogP contribution >= 0.6 is 0 Å². The van der Waals surface area contributed by atoms with Crippen molar-refractivity contribution < 1.29 is 4.79 Å². The van der Waals surface area contributed by atoms with Crippen LogP contribution in [-0.4, -0.2) is 28.3 Å². The van der Waals surface area contributed by atoms with Crippen LogP contribution in [0.3, 0.4) is 0 Å². The summed E-state index contributed by atoms with van der Waals surface area (Å²) < 4.78 is 2.00. The lowest BCUT2D eigenvalue weighted by molar-refractivity contribution is -0.121. The zero-order valence-electron chi connectivity index (χ0n) is 8.89. The second-order valence-electron chi connectivity index (χ2n) is 4.08. The lowest BCUT2D eigenvalue weighted by Gasteiger charge is -2.22. The molecule has 3 rings (SSSR count). The fraction of sp³-hybridized carbons (Fsp3) is 0.333. The van der Waals surface area contributed by atoms with Gasteiger partial charge in [-0.2, -0.15) is 0 Å². The van der Waals surface area contributed by atoms with Crippen LogP contribution < -0.4 is 5.32 Å². The van der Waals surface area contributed by atoms with Gasteiger partial charge < -0.3 is 9.72 Å². The molecule has 1 aliphatic rings. The van der Waals surface area contributed by atoms with E-state index in [1.165, 1.54) is 0 Å². The summed E-state index contributed by atoms with van der Waals surface area (Å²) in [5.41, 5.74) is 1.93. The Balaban J connectivity index is 2.10. The predicted octanol–water partition coefficient (Wildman–Crippen LogP) is 0.980. The van der Waals surface area contributed by atoms with Crippen molar-refractivity contribution in [2.24, 2.45) is 0 Å². The van der Waals surface area contributed by atoms with Gasteiger partial charge >= 0.3 is 0 Å². The summed E-state index contributed by atoms with van der Waals surface area (Å²) in [6.07, 6.45) is 4.29. The van der Waals surface area contributed by atoms with E-state index in [2.05, 4.69) is 10.3 Å². The molecule has 1 N–H and O–H groups in total. The minimum atomic E-state index is -0.0355. The summed E-state index contributed by atoms with van der Waals surface area (Å²) in [4.78, 5) is 16.1. The minimum Gasteiger partial charge on any atom is -0.315 e. The van der Waals surface area contributed by atoms with Crippen molar-refractivity contribution in [1.82, 2.24) is 14.7 Å². The number of rotatable bonds is 1. The summed E-state index contributed by atoms with van der Waals surface area (Å²) in [7, 11) is 0. The Labute approximate surface area is 93.3 Å². The maximum Gasteiger partial charge on any atom is 0.144 e. The van der Waals surface area contributed by atoms with Crippen molar-refractivity contribution >= 4 is 11.4 Å². The SMILES string of the molecule is O=C1CCNCC1c1cccc2nccn12. The molecule has 1 aliphatic heterocycles. The lowest BCUT2D eigenvalue weighted by Crippen LogP contribution is -2.36. The van der Waals surface area contributed by atoms with Crippen molar-refractivity contribution in [3.8, 4) is 0 Å². The van der Waals surface area contributed by atoms with Crippen LogP contribution in [0.5, 0.6) is 0 Å². The molecule has 0 radical (unpaired) electrons. The molecule has 4 nitrogen and oxygen atoms in total. The Morgan fingerprint density at radius 3 is 3.25 bits per heavy atom. The van der Waals surface area contributed by atoms with Gasteiger partial charge in [-0.1, -0.05) is 6.07 Å². The highest BCUT2D eigenvalue weighted by Crippen LogP contribution is 2.21. The van der Waals surface area contributed by atoms with E-state index in [0.29, 0.717) is 12.2 Å². The van der Waals surface area contributed by atoms with Gasteiger partial charge in [-0.25, -0.2) is 4.98 Å². The van der Waals surface area contributed by atoms with Crippen LogP contribution in [0.15, 0.2) is 30.6 Å². The topological polar surface area (TPSA) is 46.4 Å². The lowest BCUT2D eigenvalue weighted by atomic mass is 9.94. The molecule has 82 valence electrons. The number of ketones is 1. The van der Waals surface area contributed by atoms with Gasteiger partial charge in [0.25, 0.3) is 0 Å². The van der Waals surface area contributed by atoms with Crippen molar-refractivity contribution in [2.45, 2.75) is 12.3 Å². The number of nitrogens with one attached hydrogen (secondary N) is 1. The third-order valence-electron chi connectivity index (χ3n) is 3.10. The van der Waals surface area contributed by atoms with Crippen LogP contribution in [0.4, 0.5) is 0 Å². The summed E-state index contributed by atoms with van der Waals surface area (Å²) in [5.74, 6) is 0.284. The molecular formula is C12H13N3O. The van der Waals surface area contributed by atoms with Crippen LogP contribution in [0.1, 0.15) is 18.0 Å². The van der Waals surface area contributed by atoms with Gasteiger partial charge in [0.05, 0.1) is 5.92 Å². The number of fused-ring (bicyclic) bond motifs is 1. The van der Waals surface area contributed by atoms with Crippen molar-refractivity contribution in [1.29, 1.82) is 0 Å². The minimum absolute atomic E-state index is 0.0355. The van der Waals surface area contributed by atoms with Gasteiger partial charge in [0, 0.05) is 37.6 Å². The number of hydrogen-bond acceptors (Lipinski definition) is 3. The van der Waals surface area contributed by atoms with E-state index < -0.39 is 0 Å². The zero-order chi connectivity index (χ0) is 11.0.